The number of anilines is 3. The van der Waals surface area contributed by atoms with E-state index in [1.807, 2.05) is 13.8 Å². The minimum atomic E-state index is -0.716. The van der Waals surface area contributed by atoms with Gasteiger partial charge in [0.1, 0.15) is 12.1 Å². The van der Waals surface area contributed by atoms with Crippen molar-refractivity contribution in [2.75, 3.05) is 17.3 Å². The van der Waals surface area contributed by atoms with Gasteiger partial charge in [-0.25, -0.2) is 19.2 Å². The van der Waals surface area contributed by atoms with Gasteiger partial charge in [0.2, 0.25) is 11.6 Å². The van der Waals surface area contributed by atoms with E-state index in [1.54, 1.807) is 12.1 Å². The lowest BCUT2D eigenvalue weighted by molar-refractivity contribution is -0.383. The Bertz CT molecular complexity index is 1190. The summed E-state index contributed by atoms with van der Waals surface area (Å²) in [6.07, 6.45) is 1.07. The Morgan fingerprint density at radius 2 is 1.65 bits per heavy atom. The number of aromatic nitrogens is 2. The number of ether oxygens (including phenoxy) is 1. The number of nitrogens with zero attached hydrogens (tertiary/aromatic N) is 3. The minimum absolute atomic E-state index is 0.135. The van der Waals surface area contributed by atoms with E-state index in [0.29, 0.717) is 17.9 Å². The molecule has 0 aliphatic heterocycles. The lowest BCUT2D eigenvalue weighted by Gasteiger charge is -2.11. The van der Waals surface area contributed by atoms with E-state index in [2.05, 4.69) is 26.1 Å². The molecule has 12 heteroatoms. The fourth-order valence-electron chi connectivity index (χ4n) is 2.68. The second kappa shape index (κ2) is 10.8. The summed E-state index contributed by atoms with van der Waals surface area (Å²) >= 11 is 0. The van der Waals surface area contributed by atoms with Gasteiger partial charge >= 0.3 is 11.7 Å². The maximum absolute atomic E-state index is 13.0. The Kier molecular flexibility index (Phi) is 7.64. The number of carbonyl (C=O) groups excluding carboxylic acids is 2. The van der Waals surface area contributed by atoms with Crippen LogP contribution in [0.4, 0.5) is 27.4 Å². The van der Waals surface area contributed by atoms with Crippen molar-refractivity contribution in [2.45, 2.75) is 13.8 Å². The lowest BCUT2D eigenvalue weighted by atomic mass is 10.2. The number of hydrogen-bond donors (Lipinski definition) is 3. The van der Waals surface area contributed by atoms with Crippen LogP contribution in [0.25, 0.3) is 0 Å². The molecule has 0 bridgehead atoms. The van der Waals surface area contributed by atoms with Crippen LogP contribution in [0.15, 0.2) is 54.9 Å². The number of hydrazine groups is 1. The molecular weight excluding hydrogens is 447 g/mol. The van der Waals surface area contributed by atoms with E-state index in [9.17, 15) is 24.1 Å². The Morgan fingerprint density at radius 3 is 2.26 bits per heavy atom. The molecule has 34 heavy (non-hydrogen) atoms. The SMILES string of the molecule is CC(C)COC(=O)c1ccc(Nc2ncnc(NNC(=O)c3ccc(F)cc3)c2[N+](=O)[O-])cc1. The van der Waals surface area contributed by atoms with Crippen LogP contribution in [-0.2, 0) is 4.74 Å². The summed E-state index contributed by atoms with van der Waals surface area (Å²) in [6.45, 7) is 4.14. The second-order valence-corrected chi connectivity index (χ2v) is 7.46. The van der Waals surface area contributed by atoms with Crippen LogP contribution in [0, 0.1) is 21.8 Å². The molecule has 3 aromatic rings. The molecule has 0 atom stereocenters. The summed E-state index contributed by atoms with van der Waals surface area (Å²) in [5.74, 6) is -1.85. The van der Waals surface area contributed by atoms with E-state index >= 15 is 0 Å². The predicted octanol–water partition coefficient (Wildman–Crippen LogP) is 3.84. The number of nitrogens with one attached hydrogen (secondary N) is 3. The summed E-state index contributed by atoms with van der Waals surface area (Å²) in [5, 5.41) is 14.5. The van der Waals surface area contributed by atoms with Crippen molar-refractivity contribution >= 4 is 34.9 Å². The van der Waals surface area contributed by atoms with Gasteiger partial charge in [-0.1, -0.05) is 13.8 Å². The highest BCUT2D eigenvalue weighted by atomic mass is 19.1. The molecule has 1 heterocycles. The predicted molar refractivity (Wildman–Crippen MR) is 121 cm³/mol. The van der Waals surface area contributed by atoms with Crippen molar-refractivity contribution in [3.8, 4) is 0 Å². The molecule has 0 saturated heterocycles. The molecule has 11 nitrogen and oxygen atoms in total. The summed E-state index contributed by atoms with van der Waals surface area (Å²) in [6, 6.07) is 10.9. The monoisotopic (exact) mass is 468 g/mol. The molecule has 0 fully saturated rings. The smallest absolute Gasteiger partial charge is 0.355 e. The van der Waals surface area contributed by atoms with Gasteiger partial charge in [0.15, 0.2) is 0 Å². The van der Waals surface area contributed by atoms with E-state index < -0.39 is 28.3 Å². The van der Waals surface area contributed by atoms with Gasteiger partial charge < -0.3 is 10.1 Å². The fraction of sp³-hybridized carbons (Fsp3) is 0.182. The van der Waals surface area contributed by atoms with Gasteiger partial charge in [-0.3, -0.25) is 25.8 Å². The largest absolute Gasteiger partial charge is 0.462 e. The highest BCUT2D eigenvalue weighted by Gasteiger charge is 2.24. The molecule has 1 aromatic heterocycles. The third-order valence-electron chi connectivity index (χ3n) is 4.34. The molecule has 1 amide bonds. The van der Waals surface area contributed by atoms with E-state index in [1.165, 1.54) is 24.3 Å². The summed E-state index contributed by atoms with van der Waals surface area (Å²) in [7, 11) is 0. The average molecular weight is 468 g/mol. The number of rotatable bonds is 9. The fourth-order valence-corrected chi connectivity index (χ4v) is 2.68. The maximum atomic E-state index is 13.0. The molecule has 0 saturated carbocycles. The Labute approximate surface area is 193 Å². The molecule has 0 aliphatic carbocycles. The number of halogens is 1. The van der Waals surface area contributed by atoms with Crippen LogP contribution in [0.5, 0.6) is 0 Å². The van der Waals surface area contributed by atoms with E-state index in [4.69, 9.17) is 4.74 Å². The second-order valence-electron chi connectivity index (χ2n) is 7.46. The average Bonchev–Trinajstić information content (AvgIpc) is 2.81. The van der Waals surface area contributed by atoms with Crippen molar-refractivity contribution in [2.24, 2.45) is 5.92 Å². The minimum Gasteiger partial charge on any atom is -0.462 e. The number of carbonyl (C=O) groups is 2. The molecule has 0 unspecified atom stereocenters. The number of amides is 1. The lowest BCUT2D eigenvalue weighted by Crippen LogP contribution is -2.30. The van der Waals surface area contributed by atoms with Crippen molar-refractivity contribution in [1.29, 1.82) is 0 Å². The Balaban J connectivity index is 1.73. The Morgan fingerprint density at radius 1 is 1.03 bits per heavy atom. The maximum Gasteiger partial charge on any atom is 0.355 e. The van der Waals surface area contributed by atoms with Gasteiger partial charge in [-0.05, 0) is 54.4 Å². The molecule has 0 spiro atoms. The number of hydrogen-bond acceptors (Lipinski definition) is 9. The van der Waals surface area contributed by atoms with E-state index in [-0.39, 0.29) is 23.1 Å². The van der Waals surface area contributed by atoms with Crippen molar-refractivity contribution in [3.63, 3.8) is 0 Å². The first-order valence-corrected chi connectivity index (χ1v) is 10.1. The van der Waals surface area contributed by atoms with Crippen LogP contribution in [0.2, 0.25) is 0 Å². The normalized spacial score (nSPS) is 10.5. The standard InChI is InChI=1S/C22H21FN6O5/c1-13(2)11-34-22(31)15-5-9-17(10-6-15)26-19-18(29(32)33)20(25-12-24-19)27-28-21(30)14-3-7-16(23)8-4-14/h3-10,12-13H,11H2,1-2H3,(H,28,30)(H2,24,25,26,27). The zero-order valence-electron chi connectivity index (χ0n) is 18.2. The van der Waals surface area contributed by atoms with Crippen LogP contribution >= 0.6 is 0 Å². The van der Waals surface area contributed by atoms with Crippen LogP contribution in [0.1, 0.15) is 34.6 Å². The first-order valence-electron chi connectivity index (χ1n) is 10.1. The van der Waals surface area contributed by atoms with Gasteiger partial charge in [0.25, 0.3) is 5.91 Å². The highest BCUT2D eigenvalue weighted by Crippen LogP contribution is 2.30. The van der Waals surface area contributed by atoms with Gasteiger partial charge in [0, 0.05) is 11.3 Å². The van der Waals surface area contributed by atoms with Crippen LogP contribution < -0.4 is 16.2 Å². The van der Waals surface area contributed by atoms with Gasteiger partial charge in [0.05, 0.1) is 17.1 Å². The van der Waals surface area contributed by atoms with E-state index in [0.717, 1.165) is 18.5 Å². The third-order valence-corrected chi connectivity index (χ3v) is 4.34. The summed E-state index contributed by atoms with van der Waals surface area (Å²) in [5.41, 5.74) is 5.03. The zero-order valence-corrected chi connectivity index (χ0v) is 18.2. The highest BCUT2D eigenvalue weighted by molar-refractivity contribution is 5.95. The molecular formula is C22H21FN6O5. The molecule has 0 aliphatic rings. The quantitative estimate of drug-likeness (QED) is 0.242. The van der Waals surface area contributed by atoms with Crippen molar-refractivity contribution in [1.82, 2.24) is 15.4 Å². The number of benzene rings is 2. The zero-order chi connectivity index (χ0) is 24.7. The topological polar surface area (TPSA) is 148 Å². The molecule has 3 rings (SSSR count). The first-order chi connectivity index (χ1) is 16.2. The van der Waals surface area contributed by atoms with Crippen LogP contribution in [-0.4, -0.2) is 33.4 Å². The van der Waals surface area contributed by atoms with Crippen molar-refractivity contribution in [3.05, 3.63) is 81.9 Å². The molecule has 176 valence electrons. The van der Waals surface area contributed by atoms with Crippen molar-refractivity contribution < 1.29 is 23.6 Å². The molecule has 0 radical (unpaired) electrons. The molecule has 2 aromatic carbocycles. The Hall–Kier alpha value is -4.61. The first kappa shape index (κ1) is 24.0. The molecule has 3 N–H and O–H groups in total. The van der Waals surface area contributed by atoms with Gasteiger partial charge in [-0.15, -0.1) is 0 Å². The number of nitro groups is 1. The van der Waals surface area contributed by atoms with Crippen LogP contribution in [0.3, 0.4) is 0 Å². The van der Waals surface area contributed by atoms with Gasteiger partial charge in [-0.2, -0.15) is 0 Å². The third kappa shape index (κ3) is 6.22. The summed E-state index contributed by atoms with van der Waals surface area (Å²) in [4.78, 5) is 42.9. The number of esters is 1. The summed E-state index contributed by atoms with van der Waals surface area (Å²) < 4.78 is 18.2.